The van der Waals surface area contributed by atoms with Gasteiger partial charge in [0.15, 0.2) is 0 Å². The molecule has 0 aliphatic heterocycles. The van der Waals surface area contributed by atoms with E-state index in [2.05, 4.69) is 10.1 Å². The summed E-state index contributed by atoms with van der Waals surface area (Å²) in [5, 5.41) is 3.85. The minimum atomic E-state index is -0.148. The number of nitrogens with zero attached hydrogens (tertiary/aromatic N) is 2. The molecule has 110 valence electrons. The van der Waals surface area contributed by atoms with E-state index >= 15 is 0 Å². The number of rotatable bonds is 4. The number of carbonyl (C=O) groups is 1. The lowest BCUT2D eigenvalue weighted by atomic mass is 10.0. The molecule has 0 unspecified atom stereocenters. The summed E-state index contributed by atoms with van der Waals surface area (Å²) in [7, 11) is 0. The molecule has 1 heterocycles. The van der Waals surface area contributed by atoms with Gasteiger partial charge >= 0.3 is 5.97 Å². The van der Waals surface area contributed by atoms with Gasteiger partial charge in [0.05, 0.1) is 0 Å². The maximum absolute atomic E-state index is 11.9. The summed E-state index contributed by atoms with van der Waals surface area (Å²) < 4.78 is 10.3. The number of carbonyl (C=O) groups excluding carboxylic acids is 1. The maximum Gasteiger partial charge on any atom is 0.311 e. The molecular weight excluding hydrogens is 268 g/mol. The molecule has 1 aromatic carbocycles. The predicted molar refractivity (Wildman–Crippen MR) is 76.7 cm³/mol. The van der Waals surface area contributed by atoms with Gasteiger partial charge in [-0.25, -0.2) is 0 Å². The molecule has 5 heteroatoms. The molecule has 1 fully saturated rings. The van der Waals surface area contributed by atoms with Gasteiger partial charge in [0.25, 0.3) is 0 Å². The molecular formula is C16H18N2O3. The normalized spacial score (nSPS) is 15.3. The number of hydrogen-bond donors (Lipinski definition) is 0. The molecule has 1 aromatic heterocycles. The zero-order chi connectivity index (χ0) is 14.7. The van der Waals surface area contributed by atoms with Gasteiger partial charge in [-0.3, -0.25) is 4.79 Å². The molecule has 21 heavy (non-hydrogen) atoms. The second-order valence-corrected chi connectivity index (χ2v) is 5.49. The van der Waals surface area contributed by atoms with Gasteiger partial charge in [-0.15, -0.1) is 0 Å². The molecule has 3 rings (SSSR count). The Morgan fingerprint density at radius 2 is 2.00 bits per heavy atom. The largest absolute Gasteiger partial charge is 0.427 e. The van der Waals surface area contributed by atoms with Crippen LogP contribution in [0.2, 0.25) is 0 Å². The predicted octanol–water partition coefficient (Wildman–Crippen LogP) is 3.53. The van der Waals surface area contributed by atoms with Crippen molar-refractivity contribution >= 4 is 5.97 Å². The SMILES string of the molecule is Cc1nc(-c2ccc(OC(=O)CC3CCCC3)cc2)no1. The first-order chi connectivity index (χ1) is 10.2. The first-order valence-electron chi connectivity index (χ1n) is 7.32. The number of aromatic nitrogens is 2. The third kappa shape index (κ3) is 3.48. The van der Waals surface area contributed by atoms with Crippen LogP contribution in [0.1, 0.15) is 38.0 Å². The van der Waals surface area contributed by atoms with Crippen molar-refractivity contribution in [3.63, 3.8) is 0 Å². The van der Waals surface area contributed by atoms with Crippen molar-refractivity contribution < 1.29 is 14.1 Å². The third-order valence-corrected chi connectivity index (χ3v) is 3.80. The summed E-state index contributed by atoms with van der Waals surface area (Å²) >= 11 is 0. The lowest BCUT2D eigenvalue weighted by molar-refractivity contribution is -0.135. The Labute approximate surface area is 123 Å². The van der Waals surface area contributed by atoms with E-state index in [1.807, 2.05) is 12.1 Å². The molecule has 0 bridgehead atoms. The van der Waals surface area contributed by atoms with Crippen LogP contribution < -0.4 is 4.74 Å². The molecule has 1 saturated carbocycles. The average molecular weight is 286 g/mol. The first-order valence-corrected chi connectivity index (χ1v) is 7.32. The van der Waals surface area contributed by atoms with Crippen LogP contribution in [0.4, 0.5) is 0 Å². The monoisotopic (exact) mass is 286 g/mol. The van der Waals surface area contributed by atoms with Gasteiger partial charge < -0.3 is 9.26 Å². The van der Waals surface area contributed by atoms with E-state index in [9.17, 15) is 4.79 Å². The number of benzene rings is 1. The van der Waals surface area contributed by atoms with E-state index in [1.165, 1.54) is 12.8 Å². The molecule has 5 nitrogen and oxygen atoms in total. The summed E-state index contributed by atoms with van der Waals surface area (Å²) in [6.45, 7) is 1.75. The van der Waals surface area contributed by atoms with Crippen molar-refractivity contribution in [1.82, 2.24) is 10.1 Å². The lowest BCUT2D eigenvalue weighted by Gasteiger charge is -2.08. The van der Waals surface area contributed by atoms with E-state index in [4.69, 9.17) is 9.26 Å². The van der Waals surface area contributed by atoms with Crippen molar-refractivity contribution in [1.29, 1.82) is 0 Å². The van der Waals surface area contributed by atoms with Crippen molar-refractivity contribution in [3.8, 4) is 17.1 Å². The van der Waals surface area contributed by atoms with Crippen LogP contribution in [-0.2, 0) is 4.79 Å². The van der Waals surface area contributed by atoms with Crippen LogP contribution in [0, 0.1) is 12.8 Å². The van der Waals surface area contributed by atoms with Gasteiger partial charge in [-0.1, -0.05) is 18.0 Å². The van der Waals surface area contributed by atoms with E-state index in [-0.39, 0.29) is 5.97 Å². The van der Waals surface area contributed by atoms with Gasteiger partial charge in [-0.05, 0) is 43.0 Å². The van der Waals surface area contributed by atoms with E-state index in [1.54, 1.807) is 19.1 Å². The molecule has 1 aliphatic carbocycles. The van der Waals surface area contributed by atoms with Gasteiger partial charge in [0.2, 0.25) is 11.7 Å². The minimum Gasteiger partial charge on any atom is -0.427 e. The van der Waals surface area contributed by atoms with Crippen LogP contribution in [0.25, 0.3) is 11.4 Å². The van der Waals surface area contributed by atoms with E-state index in [0.29, 0.717) is 29.8 Å². The van der Waals surface area contributed by atoms with Crippen LogP contribution in [0.5, 0.6) is 5.75 Å². The summed E-state index contributed by atoms with van der Waals surface area (Å²) in [6.07, 6.45) is 5.27. The molecule has 0 spiro atoms. The zero-order valence-corrected chi connectivity index (χ0v) is 12.0. The number of hydrogen-bond acceptors (Lipinski definition) is 5. The molecule has 0 atom stereocenters. The number of aryl methyl sites for hydroxylation is 1. The average Bonchev–Trinajstić information content (AvgIpc) is 3.11. The molecule has 0 N–H and O–H groups in total. The Balaban J connectivity index is 1.60. The van der Waals surface area contributed by atoms with Gasteiger partial charge in [0.1, 0.15) is 5.75 Å². The van der Waals surface area contributed by atoms with Crippen LogP contribution >= 0.6 is 0 Å². The zero-order valence-electron chi connectivity index (χ0n) is 12.0. The summed E-state index contributed by atoms with van der Waals surface area (Å²) in [4.78, 5) is 16.0. The second-order valence-electron chi connectivity index (χ2n) is 5.49. The number of esters is 1. The molecule has 2 aromatic rings. The van der Waals surface area contributed by atoms with E-state index < -0.39 is 0 Å². The summed E-state index contributed by atoms with van der Waals surface area (Å²) in [6, 6.07) is 7.16. The van der Waals surface area contributed by atoms with Crippen LogP contribution in [0.15, 0.2) is 28.8 Å². The molecule has 1 aliphatic rings. The lowest BCUT2D eigenvalue weighted by Crippen LogP contribution is -2.12. The molecule has 0 saturated heterocycles. The van der Waals surface area contributed by atoms with Crippen molar-refractivity contribution in [2.45, 2.75) is 39.0 Å². The molecule has 0 radical (unpaired) electrons. The number of ether oxygens (including phenoxy) is 1. The Morgan fingerprint density at radius 1 is 1.29 bits per heavy atom. The van der Waals surface area contributed by atoms with Crippen molar-refractivity contribution in [2.24, 2.45) is 5.92 Å². The topological polar surface area (TPSA) is 65.2 Å². The fourth-order valence-corrected chi connectivity index (χ4v) is 2.71. The summed E-state index contributed by atoms with van der Waals surface area (Å²) in [5.41, 5.74) is 0.836. The Bertz CT molecular complexity index is 613. The Morgan fingerprint density at radius 3 is 2.62 bits per heavy atom. The smallest absolute Gasteiger partial charge is 0.311 e. The van der Waals surface area contributed by atoms with Crippen molar-refractivity contribution in [2.75, 3.05) is 0 Å². The van der Waals surface area contributed by atoms with E-state index in [0.717, 1.165) is 18.4 Å². The highest BCUT2D eigenvalue weighted by Crippen LogP contribution is 2.28. The van der Waals surface area contributed by atoms with Crippen LogP contribution in [-0.4, -0.2) is 16.1 Å². The first kappa shape index (κ1) is 13.8. The Kier molecular flexibility index (Phi) is 3.99. The fourth-order valence-electron chi connectivity index (χ4n) is 2.71. The van der Waals surface area contributed by atoms with Crippen molar-refractivity contribution in [3.05, 3.63) is 30.2 Å². The highest BCUT2D eigenvalue weighted by molar-refractivity contribution is 5.73. The van der Waals surface area contributed by atoms with Gasteiger partial charge in [0, 0.05) is 18.9 Å². The standard InChI is InChI=1S/C16H18N2O3/c1-11-17-16(18-21-11)13-6-8-14(9-7-13)20-15(19)10-12-4-2-3-5-12/h6-9,12H,2-5,10H2,1H3. The minimum absolute atomic E-state index is 0.148. The van der Waals surface area contributed by atoms with Crippen LogP contribution in [0.3, 0.4) is 0 Å². The summed E-state index contributed by atoms with van der Waals surface area (Å²) in [5.74, 6) is 1.97. The third-order valence-electron chi connectivity index (χ3n) is 3.80. The fraction of sp³-hybridized carbons (Fsp3) is 0.438. The highest BCUT2D eigenvalue weighted by Gasteiger charge is 2.19. The maximum atomic E-state index is 11.9. The highest BCUT2D eigenvalue weighted by atomic mass is 16.5. The van der Waals surface area contributed by atoms with Gasteiger partial charge in [-0.2, -0.15) is 4.98 Å². The molecule has 0 amide bonds. The second kappa shape index (κ2) is 6.08. The quantitative estimate of drug-likeness (QED) is 0.635. The Hall–Kier alpha value is -2.17.